The van der Waals surface area contributed by atoms with Gasteiger partial charge in [-0.1, -0.05) is 110 Å². The van der Waals surface area contributed by atoms with Crippen molar-refractivity contribution in [1.82, 2.24) is 4.98 Å². The molecule has 0 saturated heterocycles. The molecule has 250 valence electrons. The highest BCUT2D eigenvalue weighted by molar-refractivity contribution is 5.84. The van der Waals surface area contributed by atoms with Crippen molar-refractivity contribution in [1.29, 1.82) is 5.41 Å². The van der Waals surface area contributed by atoms with Gasteiger partial charge < -0.3 is 13.9 Å². The SMILES string of the molecule is CC(C)(C)CC1(C)CC1(C)C(=N)OCCCCCCCCCCCCOc1ccc2cc(-c3cccc(C4CC4)c3)c(=O)oc2n1. The van der Waals surface area contributed by atoms with Crippen molar-refractivity contribution < 1.29 is 13.9 Å². The van der Waals surface area contributed by atoms with Gasteiger partial charge in [-0.15, -0.1) is 0 Å². The Balaban J connectivity index is 0.889. The zero-order valence-electron chi connectivity index (χ0n) is 29.0. The van der Waals surface area contributed by atoms with Crippen LogP contribution in [0.5, 0.6) is 5.88 Å². The Kier molecular flexibility index (Phi) is 11.0. The second-order valence-corrected chi connectivity index (χ2v) is 15.8. The van der Waals surface area contributed by atoms with E-state index in [2.05, 4.69) is 51.7 Å². The zero-order chi connectivity index (χ0) is 32.8. The smallest absolute Gasteiger partial charge is 0.345 e. The third kappa shape index (κ3) is 9.01. The molecule has 1 aromatic carbocycles. The van der Waals surface area contributed by atoms with Crippen LogP contribution in [0.3, 0.4) is 0 Å². The van der Waals surface area contributed by atoms with Crippen LogP contribution in [-0.4, -0.2) is 24.1 Å². The Labute approximate surface area is 276 Å². The molecule has 2 aliphatic carbocycles. The van der Waals surface area contributed by atoms with Crippen LogP contribution in [0, 0.1) is 21.7 Å². The van der Waals surface area contributed by atoms with Crippen LogP contribution in [0.25, 0.3) is 22.2 Å². The van der Waals surface area contributed by atoms with Crippen molar-refractivity contribution in [3.63, 3.8) is 0 Å². The molecule has 2 fully saturated rings. The summed E-state index contributed by atoms with van der Waals surface area (Å²) in [7, 11) is 0. The maximum Gasteiger partial charge on any atom is 0.345 e. The van der Waals surface area contributed by atoms with Crippen LogP contribution in [-0.2, 0) is 4.74 Å². The molecule has 0 radical (unpaired) electrons. The first-order chi connectivity index (χ1) is 22.0. The molecule has 6 nitrogen and oxygen atoms in total. The third-order valence-electron chi connectivity index (χ3n) is 10.2. The van der Waals surface area contributed by atoms with E-state index in [1.54, 1.807) is 0 Å². The molecule has 2 heterocycles. The second-order valence-electron chi connectivity index (χ2n) is 15.8. The highest BCUT2D eigenvalue weighted by Gasteiger charge is 2.65. The summed E-state index contributed by atoms with van der Waals surface area (Å²) < 4.78 is 17.4. The molecule has 2 saturated carbocycles. The minimum Gasteiger partial charge on any atom is -0.481 e. The molecule has 2 aliphatic rings. The van der Waals surface area contributed by atoms with Crippen LogP contribution in [0.1, 0.15) is 136 Å². The molecule has 3 aromatic rings. The summed E-state index contributed by atoms with van der Waals surface area (Å²) in [6.07, 6.45) is 16.6. The number of hydrogen-bond donors (Lipinski definition) is 1. The van der Waals surface area contributed by atoms with Gasteiger partial charge >= 0.3 is 5.63 Å². The Hall–Kier alpha value is -3.15. The number of aromatic nitrogens is 1. The number of benzene rings is 1. The first-order valence-electron chi connectivity index (χ1n) is 17.9. The normalized spacial score (nSPS) is 21.0. The van der Waals surface area contributed by atoms with E-state index in [0.717, 1.165) is 43.1 Å². The van der Waals surface area contributed by atoms with Gasteiger partial charge in [0, 0.05) is 16.9 Å². The van der Waals surface area contributed by atoms with E-state index in [0.29, 0.717) is 42.2 Å². The standard InChI is InChI=1S/C40H56N2O4/c1-38(2,3)27-39(4)28-40(39,5)37(41)45-24-15-13-11-9-7-6-8-10-12-14-23-44-34-22-21-32-26-33(36(43)46-35(32)42-34)31-18-16-17-30(25-31)29-19-20-29/h16-18,21-22,25-26,29,41H,6-15,19-20,23-24,27-28H2,1-5H3. The van der Waals surface area contributed by atoms with Crippen molar-refractivity contribution in [3.8, 4) is 17.0 Å². The number of unbranched alkanes of at least 4 members (excludes halogenated alkanes) is 9. The summed E-state index contributed by atoms with van der Waals surface area (Å²) in [6.45, 7) is 12.7. The van der Waals surface area contributed by atoms with E-state index in [9.17, 15) is 4.79 Å². The first-order valence-corrected chi connectivity index (χ1v) is 17.9. The molecule has 1 N–H and O–H groups in total. The topological polar surface area (TPSA) is 85.4 Å². The summed E-state index contributed by atoms with van der Waals surface area (Å²) in [5, 5.41) is 9.30. The maximum absolute atomic E-state index is 12.8. The van der Waals surface area contributed by atoms with Gasteiger partial charge in [0.25, 0.3) is 0 Å². The average Bonchev–Trinajstić information content (AvgIpc) is 3.93. The number of pyridine rings is 1. The number of nitrogens with one attached hydrogen (secondary N) is 1. The minimum atomic E-state index is -0.363. The first kappa shape index (κ1) is 34.2. The molecule has 0 spiro atoms. The summed E-state index contributed by atoms with van der Waals surface area (Å²) in [6, 6.07) is 13.9. The lowest BCUT2D eigenvalue weighted by atomic mass is 9.79. The molecule has 0 amide bonds. The summed E-state index contributed by atoms with van der Waals surface area (Å²) in [5.74, 6) is 1.64. The van der Waals surface area contributed by atoms with E-state index in [4.69, 9.17) is 19.3 Å². The molecule has 5 rings (SSSR count). The second kappa shape index (κ2) is 14.7. The average molecular weight is 629 g/mol. The molecular formula is C40H56N2O4. The van der Waals surface area contributed by atoms with E-state index >= 15 is 0 Å². The van der Waals surface area contributed by atoms with Gasteiger partial charge in [0.15, 0.2) is 5.90 Å². The van der Waals surface area contributed by atoms with E-state index < -0.39 is 0 Å². The molecule has 6 heteroatoms. The highest BCUT2D eigenvalue weighted by atomic mass is 16.5. The van der Waals surface area contributed by atoms with Crippen LogP contribution < -0.4 is 10.4 Å². The molecule has 46 heavy (non-hydrogen) atoms. The van der Waals surface area contributed by atoms with E-state index in [-0.39, 0.29) is 21.9 Å². The Morgan fingerprint density at radius 2 is 1.57 bits per heavy atom. The van der Waals surface area contributed by atoms with Crippen molar-refractivity contribution in [2.45, 2.75) is 130 Å². The molecule has 2 unspecified atom stereocenters. The van der Waals surface area contributed by atoms with Gasteiger partial charge in [0.1, 0.15) is 0 Å². The molecule has 0 bridgehead atoms. The van der Waals surface area contributed by atoms with Crippen LogP contribution in [0.4, 0.5) is 0 Å². The quantitative estimate of drug-likeness (QED) is 0.0860. The largest absolute Gasteiger partial charge is 0.481 e. The maximum atomic E-state index is 12.8. The molecule has 2 aromatic heterocycles. The minimum absolute atomic E-state index is 0.0772. The monoisotopic (exact) mass is 628 g/mol. The lowest BCUT2D eigenvalue weighted by molar-refractivity contribution is 0.227. The summed E-state index contributed by atoms with van der Waals surface area (Å²) in [4.78, 5) is 17.2. The van der Waals surface area contributed by atoms with Gasteiger partial charge in [0.05, 0.1) is 18.8 Å². The predicted octanol–water partition coefficient (Wildman–Crippen LogP) is 10.9. The number of fused-ring (bicyclic) bond motifs is 1. The van der Waals surface area contributed by atoms with Gasteiger partial charge in [0.2, 0.25) is 11.6 Å². The van der Waals surface area contributed by atoms with Gasteiger partial charge in [-0.05, 0) is 78.5 Å². The van der Waals surface area contributed by atoms with Gasteiger partial charge in [-0.3, -0.25) is 5.41 Å². The van der Waals surface area contributed by atoms with Crippen LogP contribution in [0.2, 0.25) is 0 Å². The summed E-state index contributed by atoms with van der Waals surface area (Å²) in [5.41, 5.74) is 3.16. The fraction of sp³-hybridized carbons (Fsp3) is 0.625. The highest BCUT2D eigenvalue weighted by Crippen LogP contribution is 2.68. The molecule has 0 aliphatic heterocycles. The van der Waals surface area contributed by atoms with Crippen molar-refractivity contribution in [2.75, 3.05) is 13.2 Å². The predicted molar refractivity (Wildman–Crippen MR) is 188 cm³/mol. The van der Waals surface area contributed by atoms with Crippen LogP contribution >= 0.6 is 0 Å². The lowest BCUT2D eigenvalue weighted by Gasteiger charge is -2.27. The molecule has 2 atom stereocenters. The van der Waals surface area contributed by atoms with E-state index in [1.165, 1.54) is 63.4 Å². The van der Waals surface area contributed by atoms with Crippen molar-refractivity contribution >= 4 is 17.0 Å². The van der Waals surface area contributed by atoms with Crippen LogP contribution in [0.15, 0.2) is 51.7 Å². The van der Waals surface area contributed by atoms with E-state index in [1.807, 2.05) is 30.3 Å². The number of rotatable bonds is 18. The Morgan fingerprint density at radius 3 is 2.22 bits per heavy atom. The fourth-order valence-corrected chi connectivity index (χ4v) is 7.29. The lowest BCUT2D eigenvalue weighted by Crippen LogP contribution is -2.24. The molecular weight excluding hydrogens is 572 g/mol. The van der Waals surface area contributed by atoms with Gasteiger partial charge in [-0.25, -0.2) is 4.79 Å². The number of hydrogen-bond acceptors (Lipinski definition) is 6. The van der Waals surface area contributed by atoms with Gasteiger partial charge in [-0.2, -0.15) is 4.98 Å². The zero-order valence-corrected chi connectivity index (χ0v) is 29.0. The van der Waals surface area contributed by atoms with Crippen molar-refractivity contribution in [3.05, 3.63) is 58.4 Å². The van der Waals surface area contributed by atoms with Crippen molar-refractivity contribution in [2.24, 2.45) is 16.2 Å². The number of nitrogens with zero attached hydrogens (tertiary/aromatic N) is 1. The Bertz CT molecular complexity index is 1530. The fourth-order valence-electron chi connectivity index (χ4n) is 7.29. The third-order valence-corrected chi connectivity index (χ3v) is 10.2. The summed E-state index contributed by atoms with van der Waals surface area (Å²) >= 11 is 0. The number of ether oxygens (including phenoxy) is 2. The Morgan fingerprint density at radius 1 is 0.913 bits per heavy atom.